The van der Waals surface area contributed by atoms with Crippen molar-refractivity contribution >= 4 is 35.1 Å². The van der Waals surface area contributed by atoms with Gasteiger partial charge in [-0.3, -0.25) is 9.59 Å². The number of hydrogen-bond acceptors (Lipinski definition) is 5. The zero-order valence-corrected chi connectivity index (χ0v) is 16.2. The minimum absolute atomic E-state index is 0.142. The van der Waals surface area contributed by atoms with Crippen molar-refractivity contribution in [2.45, 2.75) is 37.6 Å². The lowest BCUT2D eigenvalue weighted by atomic mass is 10.1. The molecule has 0 bridgehead atoms. The van der Waals surface area contributed by atoms with Gasteiger partial charge in [0.05, 0.1) is 10.8 Å². The van der Waals surface area contributed by atoms with Gasteiger partial charge in [-0.05, 0) is 44.5 Å². The van der Waals surface area contributed by atoms with Crippen LogP contribution in [0.5, 0.6) is 0 Å². The van der Waals surface area contributed by atoms with Crippen molar-refractivity contribution in [2.24, 2.45) is 0 Å². The van der Waals surface area contributed by atoms with Crippen LogP contribution >= 0.6 is 23.4 Å². The molecule has 5 nitrogen and oxygen atoms in total. The van der Waals surface area contributed by atoms with Crippen LogP contribution in [0.4, 0.5) is 0 Å². The predicted octanol–water partition coefficient (Wildman–Crippen LogP) is 3.91. The molecule has 0 aliphatic heterocycles. The van der Waals surface area contributed by atoms with E-state index in [-0.39, 0.29) is 11.7 Å². The monoisotopic (exact) mass is 387 g/mol. The Balaban J connectivity index is 2.06. The van der Waals surface area contributed by atoms with E-state index < -0.39 is 5.25 Å². The number of rotatable bonds is 6. The molecule has 0 radical (unpaired) electrons. The Morgan fingerprint density at radius 3 is 2.58 bits per heavy atom. The van der Waals surface area contributed by atoms with Gasteiger partial charge in [0.2, 0.25) is 5.91 Å². The van der Waals surface area contributed by atoms with Crippen molar-refractivity contribution in [2.75, 3.05) is 0 Å². The smallest absolute Gasteiger partial charge is 0.233 e. The van der Waals surface area contributed by atoms with Crippen molar-refractivity contribution in [3.8, 4) is 6.07 Å². The number of thioether (sulfide) groups is 1. The number of pyridine rings is 1. The molecule has 1 amide bonds. The fourth-order valence-electron chi connectivity index (χ4n) is 2.27. The lowest BCUT2D eigenvalue weighted by Crippen LogP contribution is -2.30. The second kappa shape index (κ2) is 8.84. The Bertz CT molecular complexity index is 876. The van der Waals surface area contributed by atoms with E-state index in [0.29, 0.717) is 33.4 Å². The third-order valence-corrected chi connectivity index (χ3v) is 5.07. The average Bonchev–Trinajstić information content (AvgIpc) is 2.60. The molecule has 26 heavy (non-hydrogen) atoms. The molecule has 1 heterocycles. The van der Waals surface area contributed by atoms with Crippen LogP contribution in [0.25, 0.3) is 0 Å². The molecule has 0 spiro atoms. The summed E-state index contributed by atoms with van der Waals surface area (Å²) < 4.78 is 0. The van der Waals surface area contributed by atoms with Crippen molar-refractivity contribution in [1.29, 1.82) is 5.26 Å². The summed E-state index contributed by atoms with van der Waals surface area (Å²) in [6, 6.07) is 10.8. The van der Waals surface area contributed by atoms with Gasteiger partial charge in [0.1, 0.15) is 11.1 Å². The molecule has 1 N–H and O–H groups in total. The summed E-state index contributed by atoms with van der Waals surface area (Å²) in [6.45, 7) is 5.29. The Hall–Kier alpha value is -2.36. The molecule has 0 saturated heterocycles. The van der Waals surface area contributed by atoms with Gasteiger partial charge in [0.25, 0.3) is 0 Å². The number of aryl methyl sites for hydroxylation is 1. The summed E-state index contributed by atoms with van der Waals surface area (Å²) >= 11 is 7.04. The average molecular weight is 388 g/mol. The van der Waals surface area contributed by atoms with E-state index in [1.807, 2.05) is 18.2 Å². The molecule has 0 fully saturated rings. The third-order valence-electron chi connectivity index (χ3n) is 3.72. The standard InChI is InChI=1S/C19H18ClN3O2S/c1-11-17(12(2)24)8-15(9-21)19(23-11)26-13(3)18(25)22-10-14-4-6-16(20)7-5-14/h4-8,13H,10H2,1-3H3,(H,22,25). The molecule has 1 atom stereocenters. The Labute approximate surface area is 161 Å². The van der Waals surface area contributed by atoms with Gasteiger partial charge in [-0.2, -0.15) is 5.26 Å². The number of halogens is 1. The van der Waals surface area contributed by atoms with Crippen molar-refractivity contribution < 1.29 is 9.59 Å². The number of hydrogen-bond donors (Lipinski definition) is 1. The SMILES string of the molecule is CC(=O)c1cc(C#N)c(SC(C)C(=O)NCc2ccc(Cl)cc2)nc1C. The maximum absolute atomic E-state index is 12.3. The number of ketones is 1. The number of carbonyl (C=O) groups is 2. The van der Waals surface area contributed by atoms with Gasteiger partial charge >= 0.3 is 0 Å². The fourth-order valence-corrected chi connectivity index (χ4v) is 3.34. The molecule has 2 rings (SSSR count). The number of nitrogens with one attached hydrogen (secondary N) is 1. The maximum Gasteiger partial charge on any atom is 0.233 e. The molecule has 0 saturated carbocycles. The fraction of sp³-hybridized carbons (Fsp3) is 0.263. The van der Waals surface area contributed by atoms with Crippen molar-refractivity contribution in [3.63, 3.8) is 0 Å². The van der Waals surface area contributed by atoms with Gasteiger partial charge in [0, 0.05) is 22.8 Å². The normalized spacial score (nSPS) is 11.5. The first-order valence-electron chi connectivity index (χ1n) is 7.93. The van der Waals surface area contributed by atoms with Gasteiger partial charge < -0.3 is 5.32 Å². The van der Waals surface area contributed by atoms with Gasteiger partial charge in [-0.25, -0.2) is 4.98 Å². The highest BCUT2D eigenvalue weighted by Gasteiger charge is 2.19. The van der Waals surface area contributed by atoms with Crippen LogP contribution in [0.2, 0.25) is 5.02 Å². The highest BCUT2D eigenvalue weighted by Crippen LogP contribution is 2.27. The highest BCUT2D eigenvalue weighted by molar-refractivity contribution is 8.00. The number of carbonyl (C=O) groups excluding carboxylic acids is 2. The number of amides is 1. The van der Waals surface area contributed by atoms with Crippen LogP contribution in [0.1, 0.15) is 41.0 Å². The van der Waals surface area contributed by atoms with Gasteiger partial charge in [0.15, 0.2) is 5.78 Å². The first kappa shape index (κ1) is 20.0. The number of aromatic nitrogens is 1. The van der Waals surface area contributed by atoms with E-state index >= 15 is 0 Å². The molecule has 2 aromatic rings. The Morgan fingerprint density at radius 2 is 2.00 bits per heavy atom. The number of nitriles is 1. The number of benzene rings is 1. The summed E-state index contributed by atoms with van der Waals surface area (Å²) in [6.07, 6.45) is 0. The molecule has 1 aromatic carbocycles. The second-order valence-electron chi connectivity index (χ2n) is 5.75. The summed E-state index contributed by atoms with van der Waals surface area (Å²) in [4.78, 5) is 28.3. The topological polar surface area (TPSA) is 82.8 Å². The van der Waals surface area contributed by atoms with E-state index in [1.54, 1.807) is 26.0 Å². The second-order valence-corrected chi connectivity index (χ2v) is 7.51. The van der Waals surface area contributed by atoms with Crippen LogP contribution in [0.3, 0.4) is 0 Å². The Morgan fingerprint density at radius 1 is 1.35 bits per heavy atom. The molecule has 7 heteroatoms. The van der Waals surface area contributed by atoms with Gasteiger partial charge in [-0.15, -0.1) is 0 Å². The largest absolute Gasteiger partial charge is 0.351 e. The zero-order chi connectivity index (χ0) is 19.3. The molecular formula is C19H18ClN3O2S. The van der Waals surface area contributed by atoms with E-state index in [9.17, 15) is 14.9 Å². The molecule has 0 aliphatic carbocycles. The minimum atomic E-state index is -0.440. The van der Waals surface area contributed by atoms with Crippen LogP contribution in [0.15, 0.2) is 35.4 Å². The molecular weight excluding hydrogens is 370 g/mol. The number of Topliss-reactive ketones (excluding diaryl/α,β-unsaturated/α-hetero) is 1. The molecule has 0 aliphatic rings. The lowest BCUT2D eigenvalue weighted by Gasteiger charge is -2.13. The van der Waals surface area contributed by atoms with Crippen LogP contribution < -0.4 is 5.32 Å². The molecule has 1 unspecified atom stereocenters. The van der Waals surface area contributed by atoms with Crippen LogP contribution in [-0.4, -0.2) is 21.9 Å². The summed E-state index contributed by atoms with van der Waals surface area (Å²) in [7, 11) is 0. The quantitative estimate of drug-likeness (QED) is 0.600. The summed E-state index contributed by atoms with van der Waals surface area (Å²) in [5.74, 6) is -0.305. The van der Waals surface area contributed by atoms with Crippen LogP contribution in [0, 0.1) is 18.3 Å². The first-order valence-corrected chi connectivity index (χ1v) is 9.19. The van der Waals surface area contributed by atoms with Crippen molar-refractivity contribution in [1.82, 2.24) is 10.3 Å². The van der Waals surface area contributed by atoms with E-state index in [1.165, 1.54) is 24.8 Å². The zero-order valence-electron chi connectivity index (χ0n) is 14.7. The Kier molecular flexibility index (Phi) is 6.78. The molecule has 1 aromatic heterocycles. The maximum atomic E-state index is 12.3. The number of nitrogens with zero attached hydrogens (tertiary/aromatic N) is 2. The summed E-state index contributed by atoms with van der Waals surface area (Å²) in [5.41, 5.74) is 2.21. The third kappa shape index (κ3) is 5.07. The first-order chi connectivity index (χ1) is 12.3. The minimum Gasteiger partial charge on any atom is -0.351 e. The summed E-state index contributed by atoms with van der Waals surface area (Å²) in [5, 5.41) is 12.8. The molecule has 134 valence electrons. The van der Waals surface area contributed by atoms with E-state index in [4.69, 9.17) is 11.6 Å². The van der Waals surface area contributed by atoms with E-state index in [0.717, 1.165) is 5.56 Å². The van der Waals surface area contributed by atoms with Crippen molar-refractivity contribution in [3.05, 3.63) is 57.7 Å². The van der Waals surface area contributed by atoms with E-state index in [2.05, 4.69) is 10.3 Å². The van der Waals surface area contributed by atoms with Crippen LogP contribution in [-0.2, 0) is 11.3 Å². The predicted molar refractivity (Wildman–Crippen MR) is 102 cm³/mol. The van der Waals surface area contributed by atoms with Gasteiger partial charge in [-0.1, -0.05) is 35.5 Å². The highest BCUT2D eigenvalue weighted by atomic mass is 35.5. The lowest BCUT2D eigenvalue weighted by molar-refractivity contribution is -0.120.